The van der Waals surface area contributed by atoms with Crippen LogP contribution in [0.25, 0.3) is 22.4 Å². The molecule has 1 aromatic heterocycles. The van der Waals surface area contributed by atoms with Crippen LogP contribution in [0.3, 0.4) is 0 Å². The third kappa shape index (κ3) is 19.8. The van der Waals surface area contributed by atoms with Gasteiger partial charge in [-0.25, -0.2) is 4.79 Å². The highest BCUT2D eigenvalue weighted by Gasteiger charge is 2.53. The fourth-order valence-corrected chi connectivity index (χ4v) is 16.9. The minimum absolute atomic E-state index is 0.0181. The molecule has 0 radical (unpaired) electrons. The molecule has 3 saturated heterocycles. The molecular weight excluding hydrogens is 1670 g/mol. The van der Waals surface area contributed by atoms with E-state index in [0.717, 1.165) is 54.1 Å². The Kier molecular flexibility index (Phi) is 28.1. The number of carbonyl (C=O) groups is 8. The molecule has 11 bridgehead atoms. The Morgan fingerprint density at radius 3 is 2.00 bits per heavy atom. The van der Waals surface area contributed by atoms with Crippen LogP contribution in [0.4, 0.5) is 0 Å². The summed E-state index contributed by atoms with van der Waals surface area (Å²) in [4.78, 5) is 121. The van der Waals surface area contributed by atoms with Crippen LogP contribution in [0.2, 0.25) is 10.0 Å². The molecule has 8 aliphatic heterocycles. The molecular formula is C86H97Cl2N7O29. The highest BCUT2D eigenvalue weighted by atomic mass is 35.5. The van der Waals surface area contributed by atoms with Gasteiger partial charge < -0.3 is 136 Å². The average Bonchev–Trinajstić information content (AvgIpc) is 1.17. The number of amides is 5. The number of nitrogens with zero attached hydrogens (tertiary/aromatic N) is 1. The number of rotatable bonds is 20. The topological polar surface area (TPSA) is 579 Å². The molecule has 1 unspecified atom stereocenters. The van der Waals surface area contributed by atoms with E-state index in [1.807, 2.05) is 44.2 Å². The standard InChI is InChI=1S/C86H97Cl2N7O29/c1-6-37(21-35(2)3)79(110)93-67-54(100)25-43(28-62(89)102)80(111)91-65-42-26-59(117-56-19-16-40(69(67)103)23-49(56)87)76(122-85-74(108)72(106)77(61(34-96)120-85)123-84-73(107)71(105)70(104)58(119-84)14-10-13-45-31-51(95-124-45)38-11-8-7-9-12-38)60(27-42)118-57-20-17-41(24-50(57)88)75(121-63-33-86(5,90)78(109)36(4)116-63)68-82(113)92-66(83(114)115)48-29-44(97)30-53(99)64(48)47-22-39(15-18-52(47)98)46(32-55(65)101)81(112)94-68/h7-9,11-12,15-20,22-24,26-27,29-31,35-37,43,46,58,61,63,65-75,77-78,84-85,96-99,103-109H,6,10,13-14,21,25,28,32-34,90H2,1-5H3,(H2,89,102)(H,91,111)(H,92,113)(H,93,110)(H,94,112)(H,114,115)/t36-,37+,43-,46+,58+,61+,63?,65+,66+,67-,68-,69+,70-,71-,72+,73+,74+,75+,77+,78-,84-,85-,86-/m0/s1. The molecule has 7 aromatic rings. The van der Waals surface area contributed by atoms with Crippen molar-refractivity contribution in [3.8, 4) is 68.4 Å². The first-order valence-corrected chi connectivity index (χ1v) is 41.1. The van der Waals surface area contributed by atoms with E-state index >= 15 is 24.0 Å². The van der Waals surface area contributed by atoms with Crippen LogP contribution in [0.5, 0.6) is 46.0 Å². The van der Waals surface area contributed by atoms with Crippen LogP contribution < -0.4 is 46.9 Å². The number of ether oxygens (including phenoxy) is 8. The molecule has 0 spiro atoms. The zero-order chi connectivity index (χ0) is 89.4. The molecule has 9 heterocycles. The number of nitrogens with two attached hydrogens (primary N) is 2. The molecule has 124 heavy (non-hydrogen) atoms. The number of hydrogen-bond acceptors (Lipinski definition) is 30. The summed E-state index contributed by atoms with van der Waals surface area (Å²) in [5.41, 5.74) is 9.89. The minimum atomic E-state index is -2.34. The fourth-order valence-electron chi connectivity index (χ4n) is 16.5. The Morgan fingerprint density at radius 1 is 0.694 bits per heavy atom. The Morgan fingerprint density at radius 2 is 1.35 bits per heavy atom. The Bertz CT molecular complexity index is 5150. The number of aromatic hydroxyl groups is 3. The van der Waals surface area contributed by atoms with Crippen molar-refractivity contribution in [2.45, 2.75) is 220 Å². The zero-order valence-electron chi connectivity index (χ0n) is 67.5. The van der Waals surface area contributed by atoms with Crippen molar-refractivity contribution < 1.29 is 142 Å². The van der Waals surface area contributed by atoms with E-state index in [-0.39, 0.29) is 65.5 Å². The number of aryl methyl sites for hydroxylation is 1. The van der Waals surface area contributed by atoms with Crippen molar-refractivity contribution >= 4 is 70.3 Å². The predicted octanol–water partition coefficient (Wildman–Crippen LogP) is 5.03. The number of hydrogen-bond donors (Lipinski definition) is 18. The van der Waals surface area contributed by atoms with Gasteiger partial charge in [-0.1, -0.05) is 97.7 Å². The number of carbonyl (C=O) groups excluding carboxylic acids is 7. The van der Waals surface area contributed by atoms with Gasteiger partial charge in [0.1, 0.15) is 113 Å². The molecule has 15 rings (SSSR count). The molecule has 38 heteroatoms. The monoisotopic (exact) mass is 1760 g/mol. The summed E-state index contributed by atoms with van der Waals surface area (Å²) in [6.07, 6.45) is -29.6. The number of aliphatic carboxylic acids is 1. The van der Waals surface area contributed by atoms with Gasteiger partial charge in [-0.3, -0.25) is 33.6 Å². The van der Waals surface area contributed by atoms with Gasteiger partial charge in [0.25, 0.3) is 0 Å². The quantitative estimate of drug-likeness (QED) is 0.0476. The summed E-state index contributed by atoms with van der Waals surface area (Å²) in [6.45, 7) is 7.31. The summed E-state index contributed by atoms with van der Waals surface area (Å²) in [6, 6.07) is 16.4. The van der Waals surface area contributed by atoms with Gasteiger partial charge in [0.2, 0.25) is 41.6 Å². The van der Waals surface area contributed by atoms with Crippen LogP contribution in [0.15, 0.2) is 120 Å². The predicted molar refractivity (Wildman–Crippen MR) is 433 cm³/mol. The summed E-state index contributed by atoms with van der Waals surface area (Å²) in [5, 5.41) is 153. The second kappa shape index (κ2) is 38.1. The fraction of sp³-hybridized carbons (Fsp3) is 0.453. The highest BCUT2D eigenvalue weighted by Crippen LogP contribution is 2.51. The number of benzene rings is 6. The van der Waals surface area contributed by atoms with E-state index in [1.54, 1.807) is 13.0 Å². The molecule has 3 fully saturated rings. The highest BCUT2D eigenvalue weighted by molar-refractivity contribution is 6.32. The molecule has 8 aliphatic rings. The smallest absolute Gasteiger partial charge is 0.330 e. The number of halogens is 2. The number of ketones is 2. The number of phenolic OH excluding ortho intramolecular Hbond substituents is 3. The third-order valence-electron chi connectivity index (χ3n) is 23.1. The molecule has 0 aliphatic carbocycles. The average molecular weight is 1760 g/mol. The molecule has 664 valence electrons. The van der Waals surface area contributed by atoms with Gasteiger partial charge in [0.05, 0.1) is 46.8 Å². The van der Waals surface area contributed by atoms with Crippen molar-refractivity contribution in [3.63, 3.8) is 0 Å². The lowest BCUT2D eigenvalue weighted by Crippen LogP contribution is -2.64. The second-order valence-corrected chi connectivity index (χ2v) is 33.4. The van der Waals surface area contributed by atoms with Gasteiger partial charge in [-0.15, -0.1) is 0 Å². The van der Waals surface area contributed by atoms with E-state index < -0.39 is 280 Å². The van der Waals surface area contributed by atoms with Crippen molar-refractivity contribution in [3.05, 3.63) is 159 Å². The number of Topliss-reactive ketones (excluding diaryl/α,β-unsaturated/α-hetero) is 2. The largest absolute Gasteiger partial charge is 0.508 e. The van der Waals surface area contributed by atoms with Gasteiger partial charge >= 0.3 is 5.97 Å². The second-order valence-electron chi connectivity index (χ2n) is 32.6. The molecule has 23 atom stereocenters. The lowest BCUT2D eigenvalue weighted by atomic mass is 9.84. The number of phenols is 3. The normalized spacial score (nSPS) is 30.0. The Balaban J connectivity index is 0.972. The van der Waals surface area contributed by atoms with E-state index in [9.17, 15) is 75.7 Å². The maximum Gasteiger partial charge on any atom is 0.330 e. The summed E-state index contributed by atoms with van der Waals surface area (Å²) >= 11 is 14.5. The molecule has 0 saturated carbocycles. The van der Waals surface area contributed by atoms with Gasteiger partial charge in [-0.05, 0) is 122 Å². The van der Waals surface area contributed by atoms with Crippen LogP contribution in [-0.4, -0.2) is 218 Å². The first kappa shape index (κ1) is 91.2. The first-order valence-electron chi connectivity index (χ1n) is 40.3. The SMILES string of the molecule is CC[C@H](CC(C)C)C(=O)N[C@H]1C(=O)C[C@@H](CC(N)=O)C(=O)N[C@H]2C(=O)C[C@H]3C(=O)N[C@H](C(=O)N[C@@H](C(=O)O)c4cc(O)cc(O)c4-c4cc3ccc4O)[C@H](OC3C[C@](C)(N)[C@@H](O)[C@H](C)O3)c3ccc(c(Cl)c3)Oc3cc2cc(c3O[C@@H]2O[C@H](CO)[C@@H](O[C@@H]3O[C@H](CCCc4cc(-c5ccccc5)no4)[C@H](O)[C@H](O)[C@H]3O)[C@H](O)[C@H]2O)Oc2ccc(cc2Cl)[C@H]1O. The van der Waals surface area contributed by atoms with Crippen molar-refractivity contribution in [2.24, 2.45) is 29.2 Å². The number of carboxylic acids is 1. The van der Waals surface area contributed by atoms with Gasteiger partial charge in [0.15, 0.2) is 41.7 Å². The lowest BCUT2D eigenvalue weighted by Gasteiger charge is -2.46. The van der Waals surface area contributed by atoms with Crippen molar-refractivity contribution in [1.29, 1.82) is 0 Å². The summed E-state index contributed by atoms with van der Waals surface area (Å²) in [5.74, 6) is -19.3. The van der Waals surface area contributed by atoms with Crippen molar-refractivity contribution in [1.82, 2.24) is 26.4 Å². The lowest BCUT2D eigenvalue weighted by molar-refractivity contribution is -0.351. The van der Waals surface area contributed by atoms with Gasteiger partial charge in [0, 0.05) is 77.9 Å². The van der Waals surface area contributed by atoms with Crippen LogP contribution >= 0.6 is 23.2 Å². The van der Waals surface area contributed by atoms with E-state index in [0.29, 0.717) is 17.9 Å². The number of nitrogens with one attached hydrogen (secondary N) is 4. The van der Waals surface area contributed by atoms with Gasteiger partial charge in [-0.2, -0.15) is 0 Å². The van der Waals surface area contributed by atoms with Crippen LogP contribution in [0, 0.1) is 17.8 Å². The number of primary amides is 1. The van der Waals surface area contributed by atoms with Crippen molar-refractivity contribution in [2.75, 3.05) is 6.61 Å². The minimum Gasteiger partial charge on any atom is -0.508 e. The number of aromatic nitrogens is 1. The number of fused-ring (bicyclic) bond motifs is 15. The number of carboxylic acid groups (broad SMARTS) is 1. The third-order valence-corrected chi connectivity index (χ3v) is 23.7. The van der Waals surface area contributed by atoms with E-state index in [1.165, 1.54) is 44.2 Å². The van der Waals surface area contributed by atoms with Crippen LogP contribution in [0.1, 0.15) is 150 Å². The number of aliphatic hydroxyl groups excluding tert-OH is 8. The van der Waals surface area contributed by atoms with E-state index in [4.69, 9.17) is 77.1 Å². The first-order chi connectivity index (χ1) is 58.9. The molecule has 6 aromatic carbocycles. The zero-order valence-corrected chi connectivity index (χ0v) is 69.0. The summed E-state index contributed by atoms with van der Waals surface area (Å²) < 4.78 is 57.0. The molecule has 5 amide bonds. The van der Waals surface area contributed by atoms with Crippen LogP contribution in [-0.2, 0) is 68.5 Å². The number of aliphatic hydroxyl groups is 8. The Hall–Kier alpha value is -10.5. The molecule has 36 nitrogen and oxygen atoms in total. The van der Waals surface area contributed by atoms with E-state index in [2.05, 4.69) is 26.4 Å². The molecule has 20 N–H and O–H groups in total. The maximum atomic E-state index is 16.6. The maximum absolute atomic E-state index is 16.6. The summed E-state index contributed by atoms with van der Waals surface area (Å²) in [7, 11) is 0. The Labute approximate surface area is 718 Å².